The average molecular weight is 360 g/mol. The van der Waals surface area contributed by atoms with Gasteiger partial charge in [0.15, 0.2) is 0 Å². The van der Waals surface area contributed by atoms with E-state index in [1.165, 1.54) is 25.7 Å². The fourth-order valence-electron chi connectivity index (χ4n) is 4.17. The zero-order chi connectivity index (χ0) is 18.5. The number of hydrogen-bond donors (Lipinski definition) is 1. The summed E-state index contributed by atoms with van der Waals surface area (Å²) in [6, 6.07) is 1.05. The Labute approximate surface area is 157 Å². The van der Waals surface area contributed by atoms with E-state index in [4.69, 9.17) is 0 Å². The Hall–Kier alpha value is -1.69. The molecule has 1 aromatic rings. The third-order valence-electron chi connectivity index (χ3n) is 5.48. The van der Waals surface area contributed by atoms with Crippen LogP contribution in [0.25, 0.3) is 0 Å². The number of nitrogens with zero attached hydrogens (tertiary/aromatic N) is 4. The highest BCUT2D eigenvalue weighted by Gasteiger charge is 2.40. The molecule has 2 bridgehead atoms. The Morgan fingerprint density at radius 3 is 2.46 bits per heavy atom. The van der Waals surface area contributed by atoms with Crippen molar-refractivity contribution in [2.75, 3.05) is 31.6 Å². The third-order valence-corrected chi connectivity index (χ3v) is 5.48. The van der Waals surface area contributed by atoms with Gasteiger partial charge in [-0.25, -0.2) is 9.97 Å². The molecule has 1 aromatic heterocycles. The van der Waals surface area contributed by atoms with Crippen molar-refractivity contribution in [2.45, 2.75) is 64.5 Å². The van der Waals surface area contributed by atoms with Crippen LogP contribution < -0.4 is 10.2 Å². The molecule has 0 aromatic carbocycles. The molecule has 2 unspecified atom stereocenters. The van der Waals surface area contributed by atoms with Crippen molar-refractivity contribution < 1.29 is 4.79 Å². The van der Waals surface area contributed by atoms with Gasteiger partial charge in [0.25, 0.3) is 0 Å². The van der Waals surface area contributed by atoms with Gasteiger partial charge in [-0.2, -0.15) is 0 Å². The zero-order valence-corrected chi connectivity index (χ0v) is 16.4. The average Bonchev–Trinajstić information content (AvgIpc) is 2.86. The van der Waals surface area contributed by atoms with Crippen LogP contribution in [0.5, 0.6) is 0 Å². The standard InChI is InChI=1S/C20H33N5O/c1-15(2)6-4-5-9-21-19(26)10-16-11-22-20(23-12-16)25-17-7-8-18(25)14-24(3)13-17/h11-12,15,17-18H,4-10,13-14H2,1-3H3,(H,21,26). The minimum absolute atomic E-state index is 0.0607. The summed E-state index contributed by atoms with van der Waals surface area (Å²) in [4.78, 5) is 26.0. The first-order chi connectivity index (χ1) is 12.5. The minimum Gasteiger partial charge on any atom is -0.356 e. The first kappa shape index (κ1) is 19.1. The number of nitrogens with one attached hydrogen (secondary N) is 1. The lowest BCUT2D eigenvalue weighted by Gasteiger charge is -2.39. The summed E-state index contributed by atoms with van der Waals surface area (Å²) in [6.07, 6.45) is 9.88. The Morgan fingerprint density at radius 1 is 1.19 bits per heavy atom. The van der Waals surface area contributed by atoms with E-state index in [1.54, 1.807) is 0 Å². The van der Waals surface area contributed by atoms with Gasteiger partial charge in [-0.1, -0.05) is 26.7 Å². The summed E-state index contributed by atoms with van der Waals surface area (Å²) in [5, 5.41) is 3.00. The number of likely N-dealkylation sites (tertiary alicyclic amines) is 1. The SMILES string of the molecule is CC(C)CCCCNC(=O)Cc1cnc(N2C3CCC2CN(C)C3)nc1. The van der Waals surface area contributed by atoms with Crippen molar-refractivity contribution in [3.05, 3.63) is 18.0 Å². The van der Waals surface area contributed by atoms with Crippen LogP contribution in [0.4, 0.5) is 5.95 Å². The van der Waals surface area contributed by atoms with Crippen molar-refractivity contribution in [1.82, 2.24) is 20.2 Å². The van der Waals surface area contributed by atoms with Crippen LogP contribution in [0, 0.1) is 5.92 Å². The molecule has 6 nitrogen and oxygen atoms in total. The van der Waals surface area contributed by atoms with Crippen LogP contribution in [0.2, 0.25) is 0 Å². The molecule has 26 heavy (non-hydrogen) atoms. The summed E-state index contributed by atoms with van der Waals surface area (Å²) in [6.45, 7) is 7.39. The van der Waals surface area contributed by atoms with E-state index in [9.17, 15) is 4.79 Å². The topological polar surface area (TPSA) is 61.4 Å². The number of carbonyl (C=O) groups is 1. The number of fused-ring (bicyclic) bond motifs is 2. The van der Waals surface area contributed by atoms with Crippen molar-refractivity contribution in [2.24, 2.45) is 5.92 Å². The molecule has 0 spiro atoms. The largest absolute Gasteiger partial charge is 0.356 e. The van der Waals surface area contributed by atoms with E-state index in [-0.39, 0.29) is 5.91 Å². The van der Waals surface area contributed by atoms with E-state index in [0.29, 0.717) is 18.5 Å². The molecule has 144 valence electrons. The fourth-order valence-corrected chi connectivity index (χ4v) is 4.17. The second kappa shape index (κ2) is 8.80. The van der Waals surface area contributed by atoms with Gasteiger partial charge in [0.1, 0.15) is 0 Å². The Balaban J connectivity index is 1.45. The van der Waals surface area contributed by atoms with E-state index >= 15 is 0 Å². The maximum Gasteiger partial charge on any atom is 0.225 e. The summed E-state index contributed by atoms with van der Waals surface area (Å²) in [7, 11) is 2.19. The van der Waals surface area contributed by atoms with Crippen molar-refractivity contribution in [3.63, 3.8) is 0 Å². The lowest BCUT2D eigenvalue weighted by molar-refractivity contribution is -0.120. The molecule has 0 radical (unpaired) electrons. The fraction of sp³-hybridized carbons (Fsp3) is 0.750. The third kappa shape index (κ3) is 4.93. The molecule has 2 fully saturated rings. The summed E-state index contributed by atoms with van der Waals surface area (Å²) in [5.41, 5.74) is 0.884. The molecule has 3 heterocycles. The Kier molecular flexibility index (Phi) is 6.46. The molecule has 1 amide bonds. The quantitative estimate of drug-likeness (QED) is 0.722. The molecule has 2 aliphatic rings. The molecular weight excluding hydrogens is 326 g/mol. The molecule has 2 aliphatic heterocycles. The van der Waals surface area contributed by atoms with Crippen LogP contribution in [-0.2, 0) is 11.2 Å². The number of unbranched alkanes of at least 4 members (excludes halogenated alkanes) is 1. The van der Waals surface area contributed by atoms with Crippen LogP contribution in [0.3, 0.4) is 0 Å². The van der Waals surface area contributed by atoms with Crippen molar-refractivity contribution in [1.29, 1.82) is 0 Å². The molecule has 0 saturated carbocycles. The Morgan fingerprint density at radius 2 is 1.85 bits per heavy atom. The molecule has 2 atom stereocenters. The summed E-state index contributed by atoms with van der Waals surface area (Å²) >= 11 is 0. The van der Waals surface area contributed by atoms with Crippen molar-refractivity contribution >= 4 is 11.9 Å². The normalized spacial score (nSPS) is 22.8. The second-order valence-corrected chi connectivity index (χ2v) is 8.32. The lowest BCUT2D eigenvalue weighted by atomic mass is 10.1. The van der Waals surface area contributed by atoms with Gasteiger partial charge in [0.2, 0.25) is 11.9 Å². The predicted molar refractivity (Wildman–Crippen MR) is 104 cm³/mol. The van der Waals surface area contributed by atoms with E-state index in [2.05, 4.69) is 46.0 Å². The van der Waals surface area contributed by atoms with Gasteiger partial charge < -0.3 is 15.1 Å². The Bertz CT molecular complexity index is 574. The smallest absolute Gasteiger partial charge is 0.225 e. The molecule has 6 heteroatoms. The van der Waals surface area contributed by atoms with Crippen LogP contribution in [0.1, 0.15) is 51.5 Å². The lowest BCUT2D eigenvalue weighted by Crippen LogP contribution is -2.53. The van der Waals surface area contributed by atoms with Crippen LogP contribution in [0.15, 0.2) is 12.4 Å². The van der Waals surface area contributed by atoms with E-state index in [0.717, 1.165) is 43.5 Å². The number of hydrogen-bond acceptors (Lipinski definition) is 5. The first-order valence-electron chi connectivity index (χ1n) is 10.1. The predicted octanol–water partition coefficient (Wildman–Crippen LogP) is 2.24. The van der Waals surface area contributed by atoms with Gasteiger partial charge in [0, 0.05) is 44.1 Å². The van der Waals surface area contributed by atoms with Gasteiger partial charge in [-0.05, 0) is 37.8 Å². The summed E-state index contributed by atoms with van der Waals surface area (Å²) in [5.74, 6) is 1.62. The summed E-state index contributed by atoms with van der Waals surface area (Å²) < 4.78 is 0. The number of amides is 1. The number of likely N-dealkylation sites (N-methyl/N-ethyl adjacent to an activating group) is 1. The van der Waals surface area contributed by atoms with Gasteiger partial charge in [-0.3, -0.25) is 4.79 Å². The highest BCUT2D eigenvalue weighted by molar-refractivity contribution is 5.78. The highest BCUT2D eigenvalue weighted by atomic mass is 16.1. The van der Waals surface area contributed by atoms with Crippen LogP contribution in [-0.4, -0.2) is 59.5 Å². The number of anilines is 1. The molecule has 1 N–H and O–H groups in total. The highest BCUT2D eigenvalue weighted by Crippen LogP contribution is 2.32. The van der Waals surface area contributed by atoms with Crippen LogP contribution >= 0.6 is 0 Å². The maximum atomic E-state index is 12.1. The molecule has 0 aliphatic carbocycles. The first-order valence-corrected chi connectivity index (χ1v) is 10.1. The monoisotopic (exact) mass is 359 g/mol. The molecule has 3 rings (SSSR count). The van der Waals surface area contributed by atoms with Gasteiger partial charge in [0.05, 0.1) is 6.42 Å². The maximum absolute atomic E-state index is 12.1. The van der Waals surface area contributed by atoms with E-state index in [1.807, 2.05) is 12.4 Å². The second-order valence-electron chi connectivity index (χ2n) is 8.32. The minimum atomic E-state index is 0.0607. The van der Waals surface area contributed by atoms with Gasteiger partial charge >= 0.3 is 0 Å². The number of aromatic nitrogens is 2. The molecular formula is C20H33N5O. The number of carbonyl (C=O) groups excluding carboxylic acids is 1. The van der Waals surface area contributed by atoms with Crippen molar-refractivity contribution in [3.8, 4) is 0 Å². The van der Waals surface area contributed by atoms with Gasteiger partial charge in [-0.15, -0.1) is 0 Å². The zero-order valence-electron chi connectivity index (χ0n) is 16.4. The number of piperazine rings is 1. The number of rotatable bonds is 8. The van der Waals surface area contributed by atoms with E-state index < -0.39 is 0 Å². The molecule has 2 saturated heterocycles.